The number of halogens is 5. The van der Waals surface area contributed by atoms with Gasteiger partial charge in [0.05, 0.1) is 22.3 Å². The summed E-state index contributed by atoms with van der Waals surface area (Å²) in [6.45, 7) is 7.81. The van der Waals surface area contributed by atoms with Crippen LogP contribution in [0.3, 0.4) is 0 Å². The third-order valence-electron chi connectivity index (χ3n) is 7.99. The molecule has 1 saturated heterocycles. The Morgan fingerprint density at radius 2 is 1.86 bits per heavy atom. The van der Waals surface area contributed by atoms with Crippen LogP contribution in [-0.2, 0) is 17.5 Å². The Kier molecular flexibility index (Phi) is 8.00. The molecule has 230 valence electrons. The van der Waals surface area contributed by atoms with Gasteiger partial charge in [0.1, 0.15) is 11.6 Å². The van der Waals surface area contributed by atoms with Gasteiger partial charge in [-0.05, 0) is 43.7 Å². The summed E-state index contributed by atoms with van der Waals surface area (Å²) in [5.74, 6) is -0.850. The number of thiophene rings is 1. The van der Waals surface area contributed by atoms with Crippen LogP contribution in [0.4, 0.5) is 23.4 Å². The second-order valence-corrected chi connectivity index (χ2v) is 13.4. The van der Waals surface area contributed by atoms with Crippen molar-refractivity contribution in [1.82, 2.24) is 19.4 Å². The highest BCUT2D eigenvalue weighted by molar-refractivity contribution is 7.99. The van der Waals surface area contributed by atoms with Crippen molar-refractivity contribution in [2.24, 2.45) is 0 Å². The summed E-state index contributed by atoms with van der Waals surface area (Å²) in [6.07, 6.45) is -0.943. The van der Waals surface area contributed by atoms with Gasteiger partial charge in [0.25, 0.3) is 0 Å². The topological polar surface area (TPSA) is 71.3 Å². The molecular formula is C30H26ClF4N5O2S2. The van der Waals surface area contributed by atoms with Gasteiger partial charge >= 0.3 is 11.9 Å². The van der Waals surface area contributed by atoms with E-state index >= 15 is 0 Å². The number of rotatable bonds is 4. The van der Waals surface area contributed by atoms with Crippen LogP contribution in [0.2, 0.25) is 5.02 Å². The van der Waals surface area contributed by atoms with E-state index < -0.39 is 29.2 Å². The average Bonchev–Trinajstić information content (AvgIpc) is 3.28. The maximum atomic E-state index is 14.9. The standard InChI is InChI=1S/C30H26ClF4N5O2S2/c1-4-24(41)40-15(2)10-38(11-16(40)3)28-21-7-22(30(33,34)35)25(23-6-19(31)14-43-23)27-26(21)39(29(42)37-28)12-18(13-44-27)17-5-20(32)9-36-8-17/h4-9,14-16,18H,1,10-13H2,2-3H3/t15-,16+,18-/m0/s1. The number of alkyl halides is 3. The van der Waals surface area contributed by atoms with E-state index in [0.717, 1.165) is 23.6 Å². The summed E-state index contributed by atoms with van der Waals surface area (Å²) >= 11 is 8.46. The summed E-state index contributed by atoms with van der Waals surface area (Å²) in [5.41, 5.74) is -0.707. The molecule has 1 fully saturated rings. The Morgan fingerprint density at radius 1 is 1.14 bits per heavy atom. The number of hydrogen-bond donors (Lipinski definition) is 0. The molecule has 0 radical (unpaired) electrons. The first-order chi connectivity index (χ1) is 20.9. The van der Waals surface area contributed by atoms with Gasteiger partial charge in [-0.25, -0.2) is 9.18 Å². The first kappa shape index (κ1) is 30.6. The number of pyridine rings is 1. The molecule has 2 aliphatic heterocycles. The van der Waals surface area contributed by atoms with Crippen molar-refractivity contribution >= 4 is 57.3 Å². The second-order valence-electron chi connectivity index (χ2n) is 11.0. The molecule has 3 aromatic heterocycles. The maximum absolute atomic E-state index is 14.9. The quantitative estimate of drug-likeness (QED) is 0.176. The summed E-state index contributed by atoms with van der Waals surface area (Å²) in [4.78, 5) is 38.7. The van der Waals surface area contributed by atoms with Crippen LogP contribution in [-0.4, -0.2) is 56.3 Å². The zero-order valence-electron chi connectivity index (χ0n) is 23.6. The molecule has 0 bridgehead atoms. The molecule has 44 heavy (non-hydrogen) atoms. The number of benzene rings is 1. The van der Waals surface area contributed by atoms with Gasteiger partial charge in [-0.2, -0.15) is 18.2 Å². The van der Waals surface area contributed by atoms with E-state index in [0.29, 0.717) is 21.0 Å². The minimum absolute atomic E-state index is 0.0571. The van der Waals surface area contributed by atoms with Gasteiger partial charge in [0.15, 0.2) is 0 Å². The SMILES string of the molecule is C=CC(=O)N1[C@H](C)CN(c2nc(=O)n3c4c(c(-c5cc(Cl)cs5)c(C(F)(F)F)cc24)SC[C@@H](c2cncc(F)c2)C3)C[C@@H]1C. The smallest absolute Gasteiger partial charge is 0.352 e. The fourth-order valence-electron chi connectivity index (χ4n) is 6.20. The molecule has 2 aliphatic rings. The lowest BCUT2D eigenvalue weighted by molar-refractivity contribution is -0.137. The maximum Gasteiger partial charge on any atom is 0.417 e. The number of hydrogen-bond acceptors (Lipinski definition) is 7. The summed E-state index contributed by atoms with van der Waals surface area (Å²) in [6, 6.07) is 3.23. The number of aromatic nitrogens is 3. The monoisotopic (exact) mass is 663 g/mol. The van der Waals surface area contributed by atoms with Crippen molar-refractivity contribution < 1.29 is 22.4 Å². The number of carbonyl (C=O) groups is 1. The zero-order chi connectivity index (χ0) is 31.5. The van der Waals surface area contributed by atoms with Crippen molar-refractivity contribution in [2.45, 2.75) is 49.5 Å². The number of amides is 1. The first-order valence-electron chi connectivity index (χ1n) is 13.7. The van der Waals surface area contributed by atoms with Crippen LogP contribution in [0.5, 0.6) is 0 Å². The molecule has 3 atom stereocenters. The highest BCUT2D eigenvalue weighted by Gasteiger charge is 2.40. The Bertz CT molecular complexity index is 1850. The minimum Gasteiger partial charge on any atom is -0.352 e. The molecular weight excluding hydrogens is 638 g/mol. The largest absolute Gasteiger partial charge is 0.417 e. The molecule has 1 amide bonds. The first-order valence-corrected chi connectivity index (χ1v) is 16.0. The normalized spacial score (nSPS) is 20.6. The van der Waals surface area contributed by atoms with Crippen molar-refractivity contribution in [3.05, 3.63) is 81.1 Å². The molecule has 0 aliphatic carbocycles. The van der Waals surface area contributed by atoms with Crippen molar-refractivity contribution in [2.75, 3.05) is 23.7 Å². The highest BCUT2D eigenvalue weighted by Crippen LogP contribution is 2.50. The predicted octanol–water partition coefficient (Wildman–Crippen LogP) is 6.83. The van der Waals surface area contributed by atoms with Crippen LogP contribution in [0.15, 0.2) is 58.3 Å². The molecule has 0 unspecified atom stereocenters. The number of piperazine rings is 1. The lowest BCUT2D eigenvalue weighted by atomic mass is 9.99. The third kappa shape index (κ3) is 5.39. The molecule has 14 heteroatoms. The minimum atomic E-state index is -4.75. The number of carbonyl (C=O) groups excluding carboxylic acids is 1. The molecule has 0 saturated carbocycles. The fourth-order valence-corrected chi connectivity index (χ4v) is 8.79. The van der Waals surface area contributed by atoms with Crippen molar-refractivity contribution in [3.8, 4) is 10.4 Å². The summed E-state index contributed by atoms with van der Waals surface area (Å²) < 4.78 is 60.3. The van der Waals surface area contributed by atoms with Gasteiger partial charge in [-0.3, -0.25) is 14.3 Å². The van der Waals surface area contributed by atoms with Gasteiger partial charge in [0, 0.05) is 75.7 Å². The fraction of sp³-hybridized carbons (Fsp3) is 0.333. The molecule has 0 N–H and O–H groups in total. The van der Waals surface area contributed by atoms with E-state index in [4.69, 9.17) is 11.6 Å². The van der Waals surface area contributed by atoms with E-state index in [1.165, 1.54) is 40.7 Å². The van der Waals surface area contributed by atoms with E-state index in [1.54, 1.807) is 15.2 Å². The molecule has 1 aromatic carbocycles. The lowest BCUT2D eigenvalue weighted by Crippen LogP contribution is -2.58. The Labute approximate surface area is 263 Å². The van der Waals surface area contributed by atoms with Gasteiger partial charge in [-0.1, -0.05) is 18.2 Å². The van der Waals surface area contributed by atoms with E-state index in [9.17, 15) is 27.2 Å². The number of nitrogens with zero attached hydrogens (tertiary/aromatic N) is 5. The Balaban J connectivity index is 1.62. The Morgan fingerprint density at radius 3 is 2.48 bits per heavy atom. The van der Waals surface area contributed by atoms with Gasteiger partial charge in [-0.15, -0.1) is 23.1 Å². The van der Waals surface area contributed by atoms with Gasteiger partial charge < -0.3 is 9.80 Å². The van der Waals surface area contributed by atoms with Crippen LogP contribution in [0.1, 0.15) is 30.9 Å². The lowest BCUT2D eigenvalue weighted by Gasteiger charge is -2.44. The van der Waals surface area contributed by atoms with Crippen LogP contribution in [0.25, 0.3) is 21.3 Å². The number of thioether (sulfide) groups is 1. The zero-order valence-corrected chi connectivity index (χ0v) is 26.0. The molecule has 7 nitrogen and oxygen atoms in total. The van der Waals surface area contributed by atoms with E-state index in [-0.39, 0.29) is 65.0 Å². The van der Waals surface area contributed by atoms with E-state index in [2.05, 4.69) is 16.5 Å². The third-order valence-corrected chi connectivity index (χ3v) is 10.5. The van der Waals surface area contributed by atoms with Gasteiger partial charge in [0.2, 0.25) is 5.91 Å². The number of anilines is 1. The molecule has 4 aromatic rings. The summed E-state index contributed by atoms with van der Waals surface area (Å²) in [7, 11) is 0. The average molecular weight is 664 g/mol. The van der Waals surface area contributed by atoms with Crippen molar-refractivity contribution in [3.63, 3.8) is 0 Å². The summed E-state index contributed by atoms with van der Waals surface area (Å²) in [5, 5.41) is 2.04. The van der Waals surface area contributed by atoms with Crippen LogP contribution < -0.4 is 10.6 Å². The molecule has 5 heterocycles. The Hall–Kier alpha value is -3.42. The highest BCUT2D eigenvalue weighted by atomic mass is 35.5. The molecule has 6 rings (SSSR count). The predicted molar refractivity (Wildman–Crippen MR) is 165 cm³/mol. The van der Waals surface area contributed by atoms with E-state index in [1.807, 2.05) is 13.8 Å². The van der Waals surface area contributed by atoms with Crippen LogP contribution >= 0.6 is 34.7 Å². The van der Waals surface area contributed by atoms with Crippen LogP contribution in [0, 0.1) is 5.82 Å². The second kappa shape index (κ2) is 11.5. The molecule has 0 spiro atoms. The van der Waals surface area contributed by atoms with Crippen molar-refractivity contribution in [1.29, 1.82) is 0 Å².